The van der Waals surface area contributed by atoms with E-state index in [9.17, 15) is 27.6 Å². The molecule has 0 amide bonds. The van der Waals surface area contributed by atoms with Gasteiger partial charge in [0, 0.05) is 42.5 Å². The van der Waals surface area contributed by atoms with Crippen molar-refractivity contribution < 1.29 is 73.0 Å². The molecular formula is C19H34O15S. The van der Waals surface area contributed by atoms with Gasteiger partial charge in [-0.15, -0.1) is 0 Å². The molecule has 0 saturated carbocycles. The topological polar surface area (TPSA) is 284 Å². The van der Waals surface area contributed by atoms with E-state index in [2.05, 4.69) is 19.7 Å². The lowest BCUT2D eigenvalue weighted by molar-refractivity contribution is -0.142. The normalized spacial score (nSPS) is 10.1. The minimum absolute atomic E-state index is 0.0335. The molecule has 0 aromatic rings. The lowest BCUT2D eigenvalue weighted by Gasteiger charge is -2.06. The zero-order valence-corrected chi connectivity index (χ0v) is 20.3. The maximum Gasteiger partial charge on any atom is 0.351 e. The Kier molecular flexibility index (Phi) is 28.8. The Morgan fingerprint density at radius 2 is 0.943 bits per heavy atom. The van der Waals surface area contributed by atoms with Gasteiger partial charge in [-0.2, -0.15) is 8.42 Å². The van der Waals surface area contributed by atoms with Crippen LogP contribution in [0.5, 0.6) is 0 Å². The Morgan fingerprint density at radius 3 is 0.971 bits per heavy atom. The fraction of sp³-hybridized carbons (Fsp3) is 0.474. The molecule has 0 aromatic heterocycles. The van der Waals surface area contributed by atoms with E-state index < -0.39 is 39.4 Å². The van der Waals surface area contributed by atoms with Crippen molar-refractivity contribution in [2.45, 2.75) is 32.6 Å². The summed E-state index contributed by atoms with van der Waals surface area (Å²) in [4.78, 5) is 38.4. The summed E-state index contributed by atoms with van der Waals surface area (Å²) in [6.45, 7) is 13.7. The van der Waals surface area contributed by atoms with Gasteiger partial charge in [0.1, 0.15) is 0 Å². The number of hydrogen-bond donors (Lipinski definition) is 9. The van der Waals surface area contributed by atoms with Gasteiger partial charge in [0.15, 0.2) is 0 Å². The molecule has 0 aliphatic rings. The molecule has 0 saturated heterocycles. The van der Waals surface area contributed by atoms with Gasteiger partial charge in [-0.05, 0) is 27.2 Å². The van der Waals surface area contributed by atoms with Crippen molar-refractivity contribution in [3.8, 4) is 0 Å². The summed E-state index contributed by atoms with van der Waals surface area (Å²) in [5, 5.41) is 64.5. The Balaban J connectivity index is -0.000000108. The van der Waals surface area contributed by atoms with Gasteiger partial charge in [-0.3, -0.25) is 4.55 Å². The number of rotatable bonds is 9. The van der Waals surface area contributed by atoms with Crippen LogP contribution in [0, 0.1) is 5.92 Å². The van der Waals surface area contributed by atoms with E-state index in [1.165, 1.54) is 20.8 Å². The first kappa shape index (κ1) is 42.0. The number of hydrogen-bond acceptors (Lipinski definition) is 10. The van der Waals surface area contributed by atoms with Crippen LogP contribution < -0.4 is 0 Å². The van der Waals surface area contributed by atoms with Crippen molar-refractivity contribution >= 4 is 34.0 Å². The largest absolute Gasteiger partial charge is 0.478 e. The monoisotopic (exact) mass is 534 g/mol. The number of carbonyl (C=O) groups is 4. The van der Waals surface area contributed by atoms with Crippen LogP contribution in [0.25, 0.3) is 0 Å². The van der Waals surface area contributed by atoms with Gasteiger partial charge >= 0.3 is 34.0 Å². The molecule has 0 spiro atoms. The van der Waals surface area contributed by atoms with E-state index >= 15 is 0 Å². The average molecular weight is 535 g/mol. The summed E-state index contributed by atoms with van der Waals surface area (Å²) in [6, 6.07) is 0. The molecule has 0 radical (unpaired) electrons. The summed E-state index contributed by atoms with van der Waals surface area (Å²) in [6.07, 6.45) is 0.479. The minimum atomic E-state index is -4.85. The molecule has 9 N–H and O–H groups in total. The Hall–Kier alpha value is -3.15. The zero-order valence-electron chi connectivity index (χ0n) is 19.5. The van der Waals surface area contributed by atoms with E-state index in [0.717, 1.165) is 0 Å². The lowest BCUT2D eigenvalue weighted by atomic mass is 10.1. The molecule has 1 atom stereocenters. The van der Waals surface area contributed by atoms with Gasteiger partial charge < -0.3 is 40.9 Å². The Bertz CT molecular complexity index is 702. The van der Waals surface area contributed by atoms with Crippen LogP contribution in [0.15, 0.2) is 36.5 Å². The fourth-order valence-electron chi connectivity index (χ4n) is 0.550. The molecular weight excluding hydrogens is 500 g/mol. The summed E-state index contributed by atoms with van der Waals surface area (Å²) in [7, 11) is -4.85. The predicted molar refractivity (Wildman–Crippen MR) is 122 cm³/mol. The second-order valence-electron chi connectivity index (χ2n) is 6.21. The quantitative estimate of drug-likeness (QED) is 0.129. The van der Waals surface area contributed by atoms with Crippen molar-refractivity contribution in [1.29, 1.82) is 0 Å². The second kappa shape index (κ2) is 24.0. The van der Waals surface area contributed by atoms with E-state index in [0.29, 0.717) is 6.42 Å². The van der Waals surface area contributed by atoms with Crippen molar-refractivity contribution in [1.82, 2.24) is 0 Å². The molecule has 16 heteroatoms. The Morgan fingerprint density at radius 1 is 0.714 bits per heavy atom. The first-order chi connectivity index (χ1) is 15.6. The summed E-state index contributed by atoms with van der Waals surface area (Å²) < 4.78 is 27.2. The lowest BCUT2D eigenvalue weighted by Crippen LogP contribution is -2.28. The van der Waals surface area contributed by atoms with Crippen LogP contribution in [0.1, 0.15) is 27.2 Å². The molecule has 206 valence electrons. The van der Waals surface area contributed by atoms with Crippen LogP contribution in [-0.4, -0.2) is 103 Å². The number of aliphatic carboxylic acids is 4. The predicted octanol–water partition coefficient (Wildman–Crippen LogP) is -0.812. The molecule has 0 aliphatic heterocycles. The molecule has 0 heterocycles. The van der Waals surface area contributed by atoms with Gasteiger partial charge in [0.25, 0.3) is 5.44 Å². The van der Waals surface area contributed by atoms with E-state index in [-0.39, 0.29) is 42.5 Å². The number of carboxylic acids is 4. The maximum atomic E-state index is 9.70. The van der Waals surface area contributed by atoms with Gasteiger partial charge in [0.2, 0.25) is 0 Å². The van der Waals surface area contributed by atoms with Crippen molar-refractivity contribution in [2.75, 3.05) is 19.8 Å². The van der Waals surface area contributed by atoms with E-state index in [4.69, 9.17) is 45.4 Å². The first-order valence-electron chi connectivity index (χ1n) is 8.99. The third-order valence-electron chi connectivity index (χ3n) is 2.64. The fourth-order valence-corrected chi connectivity index (χ4v) is 0.805. The first-order valence-corrected chi connectivity index (χ1v) is 10.5. The van der Waals surface area contributed by atoms with Crippen LogP contribution >= 0.6 is 0 Å². The molecule has 0 aliphatic carbocycles. The molecule has 0 rings (SSSR count). The summed E-state index contributed by atoms with van der Waals surface area (Å²) >= 11 is 0. The SMILES string of the molecule is C=C(C)C(=O)O.C=C(C)C(=O)O.C=C(C)C(=O)O.O=C(O)C(O)S(=O)(=O)O.OCCC(CO)CO. The highest BCUT2D eigenvalue weighted by atomic mass is 32.2. The smallest absolute Gasteiger partial charge is 0.351 e. The van der Waals surface area contributed by atoms with Crippen LogP contribution in [0.3, 0.4) is 0 Å². The standard InChI is InChI=1S/C5H12O3.3C4H6O2.C2H4O6S/c6-2-1-5(3-7)4-8;3*1-3(2)4(5)6;3-1(4)2(5)9(6,7)8/h5-8H,1-4H2;3*1H2,2H3,(H,5,6);2,5H,(H,3,4)(H,6,7,8). The highest BCUT2D eigenvalue weighted by Gasteiger charge is 2.27. The third-order valence-corrected chi connectivity index (χ3v) is 3.41. The number of aliphatic hydroxyl groups excluding tert-OH is 4. The summed E-state index contributed by atoms with van der Waals surface area (Å²) in [5.74, 6) is -4.95. The molecule has 35 heavy (non-hydrogen) atoms. The van der Waals surface area contributed by atoms with Gasteiger partial charge in [-0.25, -0.2) is 19.2 Å². The highest BCUT2D eigenvalue weighted by Crippen LogP contribution is 1.97. The van der Waals surface area contributed by atoms with Crippen molar-refractivity contribution in [3.63, 3.8) is 0 Å². The molecule has 0 bridgehead atoms. The van der Waals surface area contributed by atoms with E-state index in [1.807, 2.05) is 0 Å². The van der Waals surface area contributed by atoms with Crippen LogP contribution in [-0.2, 0) is 29.3 Å². The van der Waals surface area contributed by atoms with Crippen LogP contribution in [0.2, 0.25) is 0 Å². The molecule has 1 unspecified atom stereocenters. The van der Waals surface area contributed by atoms with Gasteiger partial charge in [0.05, 0.1) is 0 Å². The minimum Gasteiger partial charge on any atom is -0.478 e. The number of aliphatic hydroxyl groups is 4. The molecule has 0 fully saturated rings. The van der Waals surface area contributed by atoms with Gasteiger partial charge in [-0.1, -0.05) is 19.7 Å². The van der Waals surface area contributed by atoms with Crippen molar-refractivity contribution in [2.24, 2.45) is 5.92 Å². The van der Waals surface area contributed by atoms with Crippen LogP contribution in [0.4, 0.5) is 0 Å². The number of carboxylic acid groups (broad SMARTS) is 4. The van der Waals surface area contributed by atoms with E-state index in [1.54, 1.807) is 0 Å². The molecule has 15 nitrogen and oxygen atoms in total. The maximum absolute atomic E-state index is 9.70. The summed E-state index contributed by atoms with van der Waals surface area (Å²) in [5.41, 5.74) is -2.21. The third kappa shape index (κ3) is 38.4. The second-order valence-corrected chi connectivity index (χ2v) is 7.68. The average Bonchev–Trinajstić information content (AvgIpc) is 2.72. The Labute approximate surface area is 202 Å². The van der Waals surface area contributed by atoms with Crippen molar-refractivity contribution in [3.05, 3.63) is 36.5 Å². The highest BCUT2D eigenvalue weighted by molar-refractivity contribution is 7.87. The zero-order chi connectivity index (χ0) is 29.5. The molecule has 0 aromatic carbocycles.